The minimum Gasteiger partial charge on any atom is -0.324 e. The van der Waals surface area contributed by atoms with Crippen molar-refractivity contribution in [1.29, 1.82) is 0 Å². The van der Waals surface area contributed by atoms with Crippen LogP contribution in [-0.4, -0.2) is 22.1 Å². The molecule has 5 nitrogen and oxygen atoms in total. The van der Waals surface area contributed by atoms with Gasteiger partial charge in [-0.1, -0.05) is 0 Å². The molecule has 0 bridgehead atoms. The molecule has 10 heavy (non-hydrogen) atoms. The van der Waals surface area contributed by atoms with E-state index in [1.807, 2.05) is 0 Å². The SMILES string of the molecule is O=P1(O)CCCP(=O)(O)O1. The molecule has 0 radical (unpaired) electrons. The van der Waals surface area contributed by atoms with Crippen LogP contribution < -0.4 is 0 Å². The largest absolute Gasteiger partial charge is 0.335 e. The molecule has 0 spiro atoms. The third-order valence-corrected chi connectivity index (χ3v) is 4.94. The van der Waals surface area contributed by atoms with Crippen LogP contribution in [0, 0.1) is 0 Å². The fraction of sp³-hybridized carbons (Fsp3) is 1.00. The quantitative estimate of drug-likeness (QED) is 0.546. The Labute approximate surface area is 58.1 Å². The van der Waals surface area contributed by atoms with Crippen molar-refractivity contribution in [2.45, 2.75) is 6.42 Å². The van der Waals surface area contributed by atoms with E-state index in [9.17, 15) is 9.13 Å². The summed E-state index contributed by atoms with van der Waals surface area (Å²) in [5.74, 6) is 0. The first-order valence-electron chi connectivity index (χ1n) is 2.76. The van der Waals surface area contributed by atoms with Crippen molar-refractivity contribution in [3.63, 3.8) is 0 Å². The van der Waals surface area contributed by atoms with Gasteiger partial charge in [-0.2, -0.15) is 0 Å². The van der Waals surface area contributed by atoms with Crippen LogP contribution in [0.2, 0.25) is 0 Å². The van der Waals surface area contributed by atoms with Crippen molar-refractivity contribution in [1.82, 2.24) is 0 Å². The van der Waals surface area contributed by atoms with E-state index in [0.717, 1.165) is 0 Å². The Hall–Kier alpha value is 0.340. The first-order valence-corrected chi connectivity index (χ1v) is 6.29. The van der Waals surface area contributed by atoms with Gasteiger partial charge in [0.15, 0.2) is 0 Å². The average Bonchev–Trinajstić information content (AvgIpc) is 1.56. The molecule has 2 N–H and O–H groups in total. The maximum atomic E-state index is 10.7. The lowest BCUT2D eigenvalue weighted by Gasteiger charge is -2.21. The van der Waals surface area contributed by atoms with Gasteiger partial charge in [0, 0.05) is 0 Å². The average molecular weight is 186 g/mol. The Kier molecular flexibility index (Phi) is 2.05. The zero-order valence-corrected chi connectivity index (χ0v) is 6.92. The molecule has 2 atom stereocenters. The molecule has 0 aliphatic carbocycles. The fourth-order valence-corrected chi connectivity index (χ4v) is 4.36. The summed E-state index contributed by atoms with van der Waals surface area (Å²) < 4.78 is 25.4. The van der Waals surface area contributed by atoms with E-state index < -0.39 is 15.2 Å². The predicted molar refractivity (Wildman–Crippen MR) is 35.1 cm³/mol. The van der Waals surface area contributed by atoms with Crippen LogP contribution in [0.15, 0.2) is 0 Å². The van der Waals surface area contributed by atoms with Gasteiger partial charge in [0.2, 0.25) is 0 Å². The van der Waals surface area contributed by atoms with Crippen LogP contribution in [0.5, 0.6) is 0 Å². The van der Waals surface area contributed by atoms with Crippen molar-refractivity contribution in [3.8, 4) is 0 Å². The van der Waals surface area contributed by atoms with Gasteiger partial charge in [-0.05, 0) is 6.42 Å². The summed E-state index contributed by atoms with van der Waals surface area (Å²) in [7, 11) is -7.44. The second kappa shape index (κ2) is 2.43. The standard InChI is InChI=1S/C3H8O5P2/c4-9(5)2-1-3-10(6,7)8-9/h1-3H2,(H,4,5)(H,6,7). The number of rotatable bonds is 0. The summed E-state index contributed by atoms with van der Waals surface area (Å²) in [5.41, 5.74) is 0. The zero-order chi connectivity index (χ0) is 7.83. The van der Waals surface area contributed by atoms with E-state index >= 15 is 0 Å². The Morgan fingerprint density at radius 3 is 1.70 bits per heavy atom. The summed E-state index contributed by atoms with van der Waals surface area (Å²) >= 11 is 0. The molecular formula is C3H8O5P2. The lowest BCUT2D eigenvalue weighted by atomic mass is 10.6. The molecule has 1 saturated heterocycles. The van der Waals surface area contributed by atoms with E-state index in [0.29, 0.717) is 0 Å². The molecule has 1 fully saturated rings. The van der Waals surface area contributed by atoms with Gasteiger partial charge in [-0.15, -0.1) is 0 Å². The second-order valence-electron chi connectivity index (χ2n) is 2.16. The predicted octanol–water partition coefficient (Wildman–Crippen LogP) is 0.777. The Bertz CT molecular complexity index is 201. The molecule has 1 heterocycles. The van der Waals surface area contributed by atoms with Gasteiger partial charge in [0.1, 0.15) is 0 Å². The van der Waals surface area contributed by atoms with E-state index in [2.05, 4.69) is 4.31 Å². The van der Waals surface area contributed by atoms with Gasteiger partial charge in [0.05, 0.1) is 12.3 Å². The summed E-state index contributed by atoms with van der Waals surface area (Å²) in [5, 5.41) is 0. The van der Waals surface area contributed by atoms with Crippen LogP contribution in [0.1, 0.15) is 6.42 Å². The van der Waals surface area contributed by atoms with Crippen LogP contribution in [0.25, 0.3) is 0 Å². The summed E-state index contributed by atoms with van der Waals surface area (Å²) in [6.45, 7) is 0. The molecule has 0 aromatic heterocycles. The minimum absolute atomic E-state index is 0.0163. The first-order chi connectivity index (χ1) is 4.41. The molecule has 2 unspecified atom stereocenters. The molecule has 1 aliphatic rings. The van der Waals surface area contributed by atoms with E-state index in [-0.39, 0.29) is 18.7 Å². The number of hydrogen-bond acceptors (Lipinski definition) is 3. The lowest BCUT2D eigenvalue weighted by molar-refractivity contribution is 0.322. The number of hydrogen-bond donors (Lipinski definition) is 2. The maximum Gasteiger partial charge on any atom is 0.335 e. The zero-order valence-electron chi connectivity index (χ0n) is 5.13. The van der Waals surface area contributed by atoms with E-state index in [1.165, 1.54) is 0 Å². The van der Waals surface area contributed by atoms with Crippen molar-refractivity contribution in [2.75, 3.05) is 12.3 Å². The molecule has 0 aromatic carbocycles. The molecular weight excluding hydrogens is 178 g/mol. The third kappa shape index (κ3) is 2.19. The summed E-state index contributed by atoms with van der Waals surface area (Å²) in [6, 6.07) is 0. The Morgan fingerprint density at radius 1 is 1.10 bits per heavy atom. The molecule has 7 heteroatoms. The van der Waals surface area contributed by atoms with Gasteiger partial charge in [-0.3, -0.25) is 9.13 Å². The van der Waals surface area contributed by atoms with E-state index in [4.69, 9.17) is 9.79 Å². The second-order valence-corrected chi connectivity index (χ2v) is 6.25. The Balaban J connectivity index is 2.75. The monoisotopic (exact) mass is 186 g/mol. The van der Waals surface area contributed by atoms with Crippen molar-refractivity contribution in [2.24, 2.45) is 0 Å². The lowest BCUT2D eigenvalue weighted by Crippen LogP contribution is -2.05. The molecule has 0 saturated carbocycles. The van der Waals surface area contributed by atoms with Crippen LogP contribution in [-0.2, 0) is 13.4 Å². The molecule has 1 aliphatic heterocycles. The van der Waals surface area contributed by atoms with Crippen molar-refractivity contribution < 1.29 is 23.2 Å². The van der Waals surface area contributed by atoms with Gasteiger partial charge in [-0.25, -0.2) is 4.31 Å². The highest BCUT2D eigenvalue weighted by Gasteiger charge is 2.36. The third-order valence-electron chi connectivity index (χ3n) is 1.14. The van der Waals surface area contributed by atoms with Crippen LogP contribution in [0.4, 0.5) is 0 Å². The summed E-state index contributed by atoms with van der Waals surface area (Å²) in [6.07, 6.45) is 0.247. The molecule has 0 aromatic rings. The molecule has 0 amide bonds. The topological polar surface area (TPSA) is 83.8 Å². The minimum atomic E-state index is -3.72. The highest BCUT2D eigenvalue weighted by Crippen LogP contribution is 2.63. The van der Waals surface area contributed by atoms with Crippen LogP contribution >= 0.6 is 15.2 Å². The van der Waals surface area contributed by atoms with Gasteiger partial charge in [0.25, 0.3) is 0 Å². The van der Waals surface area contributed by atoms with E-state index in [1.54, 1.807) is 0 Å². The van der Waals surface area contributed by atoms with Crippen molar-refractivity contribution in [3.05, 3.63) is 0 Å². The Morgan fingerprint density at radius 2 is 1.50 bits per heavy atom. The maximum absolute atomic E-state index is 10.7. The normalized spacial score (nSPS) is 49.0. The molecule has 1 rings (SSSR count). The smallest absolute Gasteiger partial charge is 0.324 e. The fourth-order valence-electron chi connectivity index (χ4n) is 0.751. The van der Waals surface area contributed by atoms with Crippen LogP contribution in [0.3, 0.4) is 0 Å². The summed E-state index contributed by atoms with van der Waals surface area (Å²) in [4.78, 5) is 17.4. The van der Waals surface area contributed by atoms with Crippen molar-refractivity contribution >= 4 is 15.2 Å². The molecule has 60 valence electrons. The first kappa shape index (κ1) is 8.44. The highest BCUT2D eigenvalue weighted by molar-refractivity contribution is 7.67. The highest BCUT2D eigenvalue weighted by atomic mass is 31.3. The van der Waals surface area contributed by atoms with Gasteiger partial charge < -0.3 is 9.79 Å². The van der Waals surface area contributed by atoms with Gasteiger partial charge >= 0.3 is 15.2 Å².